The van der Waals surface area contributed by atoms with Crippen molar-refractivity contribution in [3.8, 4) is 0 Å². The van der Waals surface area contributed by atoms with Gasteiger partial charge < -0.3 is 20.3 Å². The number of ether oxygens (including phenoxy) is 1. The number of esters is 1. The van der Waals surface area contributed by atoms with E-state index in [4.69, 9.17) is 4.74 Å². The fourth-order valence-electron chi connectivity index (χ4n) is 4.88. The van der Waals surface area contributed by atoms with Crippen molar-refractivity contribution in [2.75, 3.05) is 7.11 Å². The molecule has 0 saturated heterocycles. The first kappa shape index (κ1) is 24.1. The Bertz CT molecular complexity index is 743. The number of nitrogens with one attached hydrogen (secondary N) is 2. The Morgan fingerprint density at radius 3 is 2.22 bits per heavy atom. The van der Waals surface area contributed by atoms with Gasteiger partial charge in [-0.25, -0.2) is 4.79 Å². The molecule has 0 radical (unpaired) electrons. The molecular formula is C25H37N3O4. The summed E-state index contributed by atoms with van der Waals surface area (Å²) in [5.74, 6) is -0.806. The Morgan fingerprint density at radius 2 is 1.59 bits per heavy atom. The highest BCUT2D eigenvalue weighted by Gasteiger charge is 2.38. The standard InChI is InChI=1S/C25H37N3O4/c1-32-23(29)17-22(24(30)26-18-19-11-5-2-6-12-19)28(21-15-9-4-10-16-21)25(31)27-20-13-7-3-8-14-20/h2,5-6,11-12,20-22H,3-4,7-10,13-18H2,1H3,(H,26,30)(H,27,31). The summed E-state index contributed by atoms with van der Waals surface area (Å²) in [6.07, 6.45) is 10.1. The van der Waals surface area contributed by atoms with Gasteiger partial charge in [-0.15, -0.1) is 0 Å². The first-order chi connectivity index (χ1) is 15.6. The van der Waals surface area contributed by atoms with Gasteiger partial charge in [0, 0.05) is 18.6 Å². The third kappa shape index (κ3) is 6.97. The molecule has 0 aliphatic heterocycles. The molecule has 0 aromatic heterocycles. The van der Waals surface area contributed by atoms with Crippen LogP contribution < -0.4 is 10.6 Å². The average Bonchev–Trinajstić information content (AvgIpc) is 2.84. The maximum atomic E-state index is 13.5. The van der Waals surface area contributed by atoms with Gasteiger partial charge in [0.1, 0.15) is 6.04 Å². The predicted octanol–water partition coefficient (Wildman–Crippen LogP) is 3.91. The zero-order valence-electron chi connectivity index (χ0n) is 19.2. The Labute approximate surface area is 191 Å². The molecule has 1 aromatic rings. The molecule has 7 nitrogen and oxygen atoms in total. The van der Waals surface area contributed by atoms with Crippen LogP contribution in [0.4, 0.5) is 4.79 Å². The molecule has 1 atom stereocenters. The lowest BCUT2D eigenvalue weighted by Crippen LogP contribution is -2.59. The Kier molecular flexibility index (Phi) is 9.38. The van der Waals surface area contributed by atoms with E-state index in [-0.39, 0.29) is 30.4 Å². The molecule has 1 unspecified atom stereocenters. The molecule has 0 heterocycles. The van der Waals surface area contributed by atoms with Crippen molar-refractivity contribution >= 4 is 17.9 Å². The van der Waals surface area contributed by atoms with E-state index in [1.807, 2.05) is 30.3 Å². The van der Waals surface area contributed by atoms with Crippen molar-refractivity contribution < 1.29 is 19.1 Å². The lowest BCUT2D eigenvalue weighted by atomic mass is 9.92. The van der Waals surface area contributed by atoms with Crippen molar-refractivity contribution in [1.29, 1.82) is 0 Å². The van der Waals surface area contributed by atoms with Crippen LogP contribution in [0.15, 0.2) is 30.3 Å². The SMILES string of the molecule is COC(=O)CC(C(=O)NCc1ccccc1)N(C(=O)NC1CCCCC1)C1CCCCC1. The number of nitrogens with zero attached hydrogens (tertiary/aromatic N) is 1. The van der Waals surface area contributed by atoms with Crippen molar-refractivity contribution in [2.24, 2.45) is 0 Å². The van der Waals surface area contributed by atoms with E-state index in [2.05, 4.69) is 10.6 Å². The summed E-state index contributed by atoms with van der Waals surface area (Å²) in [5.41, 5.74) is 0.966. The quantitative estimate of drug-likeness (QED) is 0.596. The van der Waals surface area contributed by atoms with Crippen molar-refractivity contribution in [1.82, 2.24) is 15.5 Å². The zero-order chi connectivity index (χ0) is 22.8. The van der Waals surface area contributed by atoms with Crippen LogP contribution in [0.1, 0.15) is 76.2 Å². The summed E-state index contributed by atoms with van der Waals surface area (Å²) in [6.45, 7) is 0.347. The smallest absolute Gasteiger partial charge is 0.318 e. The molecule has 7 heteroatoms. The highest BCUT2D eigenvalue weighted by atomic mass is 16.5. The van der Waals surface area contributed by atoms with Gasteiger partial charge in [0.25, 0.3) is 0 Å². The number of methoxy groups -OCH3 is 1. The monoisotopic (exact) mass is 443 g/mol. The van der Waals surface area contributed by atoms with Crippen molar-refractivity contribution in [3.05, 3.63) is 35.9 Å². The summed E-state index contributed by atoms with van der Waals surface area (Å²) < 4.78 is 4.88. The summed E-state index contributed by atoms with van der Waals surface area (Å²) >= 11 is 0. The number of amides is 3. The predicted molar refractivity (Wildman–Crippen MR) is 123 cm³/mol. The number of hydrogen-bond donors (Lipinski definition) is 2. The van der Waals surface area contributed by atoms with Crippen LogP contribution in [0.3, 0.4) is 0 Å². The van der Waals surface area contributed by atoms with Crippen LogP contribution >= 0.6 is 0 Å². The largest absolute Gasteiger partial charge is 0.469 e. The molecule has 0 bridgehead atoms. The minimum atomic E-state index is -0.891. The summed E-state index contributed by atoms with van der Waals surface area (Å²) in [6, 6.07) is 8.59. The third-order valence-corrected chi connectivity index (χ3v) is 6.67. The highest BCUT2D eigenvalue weighted by molar-refractivity contribution is 5.90. The number of carbonyl (C=O) groups is 3. The molecule has 3 amide bonds. The van der Waals surface area contributed by atoms with Crippen LogP contribution in [0, 0.1) is 0 Å². The molecule has 1 aromatic carbocycles. The first-order valence-electron chi connectivity index (χ1n) is 12.1. The topological polar surface area (TPSA) is 87.7 Å². The molecule has 32 heavy (non-hydrogen) atoms. The fourth-order valence-corrected chi connectivity index (χ4v) is 4.88. The van der Waals surface area contributed by atoms with Crippen molar-refractivity contribution in [2.45, 2.75) is 95.3 Å². The zero-order valence-corrected chi connectivity index (χ0v) is 19.2. The third-order valence-electron chi connectivity index (χ3n) is 6.67. The molecule has 2 saturated carbocycles. The number of hydrogen-bond acceptors (Lipinski definition) is 4. The van der Waals surface area contributed by atoms with Gasteiger partial charge in [-0.2, -0.15) is 0 Å². The second kappa shape index (κ2) is 12.5. The van der Waals surface area contributed by atoms with E-state index in [0.717, 1.165) is 63.4 Å². The average molecular weight is 444 g/mol. The van der Waals surface area contributed by atoms with Crippen molar-refractivity contribution in [3.63, 3.8) is 0 Å². The van der Waals surface area contributed by atoms with E-state index < -0.39 is 12.0 Å². The van der Waals surface area contributed by atoms with Gasteiger partial charge in [-0.05, 0) is 31.2 Å². The summed E-state index contributed by atoms with van der Waals surface area (Å²) in [4.78, 5) is 40.7. The maximum absolute atomic E-state index is 13.5. The molecule has 2 aliphatic rings. The maximum Gasteiger partial charge on any atom is 0.318 e. The molecule has 2 fully saturated rings. The van der Waals surface area contributed by atoms with Gasteiger partial charge in [-0.1, -0.05) is 68.9 Å². The lowest BCUT2D eigenvalue weighted by Gasteiger charge is -2.40. The summed E-state index contributed by atoms with van der Waals surface area (Å²) in [7, 11) is 1.31. The fraction of sp³-hybridized carbons (Fsp3) is 0.640. The van der Waals surface area contributed by atoms with Crippen LogP contribution in [0.5, 0.6) is 0 Å². The Hall–Kier alpha value is -2.57. The van der Waals surface area contributed by atoms with Gasteiger partial charge in [-0.3, -0.25) is 9.59 Å². The van der Waals surface area contributed by atoms with E-state index in [9.17, 15) is 14.4 Å². The number of rotatable bonds is 8. The second-order valence-electron chi connectivity index (χ2n) is 8.98. The van der Waals surface area contributed by atoms with Gasteiger partial charge in [0.05, 0.1) is 13.5 Å². The lowest BCUT2D eigenvalue weighted by molar-refractivity contribution is -0.144. The van der Waals surface area contributed by atoms with Crippen LogP contribution in [-0.4, -0.2) is 48.0 Å². The minimum absolute atomic E-state index is 0.0514. The van der Waals surface area contributed by atoms with Gasteiger partial charge >= 0.3 is 12.0 Å². The van der Waals surface area contributed by atoms with Crippen LogP contribution in [0.25, 0.3) is 0 Å². The molecule has 2 N–H and O–H groups in total. The number of urea groups is 1. The normalized spacial score (nSPS) is 18.4. The summed E-state index contributed by atoms with van der Waals surface area (Å²) in [5, 5.41) is 6.11. The van der Waals surface area contributed by atoms with Gasteiger partial charge in [0.15, 0.2) is 0 Å². The Morgan fingerprint density at radius 1 is 0.969 bits per heavy atom. The minimum Gasteiger partial charge on any atom is -0.469 e. The van der Waals surface area contributed by atoms with E-state index in [1.54, 1.807) is 4.90 Å². The van der Waals surface area contributed by atoms with Crippen LogP contribution in [0.2, 0.25) is 0 Å². The van der Waals surface area contributed by atoms with E-state index >= 15 is 0 Å². The van der Waals surface area contributed by atoms with Crippen LogP contribution in [-0.2, 0) is 20.9 Å². The number of benzene rings is 1. The molecular weight excluding hydrogens is 406 g/mol. The first-order valence-corrected chi connectivity index (χ1v) is 12.1. The van der Waals surface area contributed by atoms with E-state index in [0.29, 0.717) is 6.54 Å². The highest BCUT2D eigenvalue weighted by Crippen LogP contribution is 2.27. The number of carbonyl (C=O) groups excluding carboxylic acids is 3. The van der Waals surface area contributed by atoms with Gasteiger partial charge in [0.2, 0.25) is 5.91 Å². The second-order valence-corrected chi connectivity index (χ2v) is 8.98. The van der Waals surface area contributed by atoms with E-state index in [1.165, 1.54) is 13.5 Å². The molecule has 3 rings (SSSR count). The molecule has 0 spiro atoms. The molecule has 2 aliphatic carbocycles. The molecule has 176 valence electrons. The Balaban J connectivity index is 1.78.